The van der Waals surface area contributed by atoms with E-state index in [0.29, 0.717) is 5.69 Å². The second-order valence-electron chi connectivity index (χ2n) is 7.31. The highest BCUT2D eigenvalue weighted by atomic mass is 32.2. The van der Waals surface area contributed by atoms with E-state index in [1.807, 2.05) is 36.4 Å². The maximum Gasteiger partial charge on any atom is 0.244 e. The summed E-state index contributed by atoms with van der Waals surface area (Å²) in [4.78, 5) is 27.0. The van der Waals surface area contributed by atoms with Crippen LogP contribution in [0.4, 0.5) is 5.69 Å². The molecule has 162 valence electrons. The quantitative estimate of drug-likeness (QED) is 0.694. The summed E-state index contributed by atoms with van der Waals surface area (Å²) in [5.74, 6) is -0.778. The van der Waals surface area contributed by atoms with Gasteiger partial charge in [0.2, 0.25) is 21.8 Å². The van der Waals surface area contributed by atoms with Crippen molar-refractivity contribution in [2.45, 2.75) is 33.4 Å². The molecule has 2 aromatic carbocycles. The van der Waals surface area contributed by atoms with Gasteiger partial charge in [0.25, 0.3) is 0 Å². The molecule has 0 saturated carbocycles. The van der Waals surface area contributed by atoms with Crippen LogP contribution < -0.4 is 9.62 Å². The molecular formula is C22H29N3O4S. The van der Waals surface area contributed by atoms with Crippen molar-refractivity contribution in [3.63, 3.8) is 0 Å². The number of amides is 2. The van der Waals surface area contributed by atoms with Crippen molar-refractivity contribution in [1.29, 1.82) is 0 Å². The number of carbonyl (C=O) groups is 2. The first-order valence-corrected chi connectivity index (χ1v) is 11.5. The van der Waals surface area contributed by atoms with Crippen LogP contribution in [0.5, 0.6) is 0 Å². The predicted octanol–water partition coefficient (Wildman–Crippen LogP) is 2.23. The summed E-state index contributed by atoms with van der Waals surface area (Å²) in [6.45, 7) is 5.04. The number of rotatable bonds is 8. The lowest BCUT2D eigenvalue weighted by atomic mass is 10.1. The van der Waals surface area contributed by atoms with E-state index in [4.69, 9.17) is 0 Å². The molecule has 0 radical (unpaired) electrons. The largest absolute Gasteiger partial charge is 0.357 e. The minimum atomic E-state index is -3.73. The first kappa shape index (κ1) is 23.4. The molecule has 0 spiro atoms. The van der Waals surface area contributed by atoms with Crippen LogP contribution in [0.1, 0.15) is 23.6 Å². The van der Waals surface area contributed by atoms with Gasteiger partial charge in [-0.05, 0) is 37.5 Å². The molecule has 0 unspecified atom stereocenters. The summed E-state index contributed by atoms with van der Waals surface area (Å²) in [6, 6.07) is 14.0. The second kappa shape index (κ2) is 9.75. The van der Waals surface area contributed by atoms with Gasteiger partial charge in [0, 0.05) is 13.6 Å². The lowest BCUT2D eigenvalue weighted by molar-refractivity contribution is -0.139. The number of sulfonamides is 1. The SMILES string of the molecule is CNC(=O)[C@H](C)N(Cc1ccccc1)C(=O)CN(c1c(C)cccc1C)S(C)(=O)=O. The molecule has 1 N–H and O–H groups in total. The lowest BCUT2D eigenvalue weighted by Gasteiger charge is -2.32. The Labute approximate surface area is 178 Å². The zero-order chi connectivity index (χ0) is 22.5. The van der Waals surface area contributed by atoms with Crippen molar-refractivity contribution >= 4 is 27.5 Å². The maximum atomic E-state index is 13.3. The Morgan fingerprint density at radius 3 is 2.07 bits per heavy atom. The monoisotopic (exact) mass is 431 g/mol. The van der Waals surface area contributed by atoms with Gasteiger partial charge in [0.05, 0.1) is 11.9 Å². The van der Waals surface area contributed by atoms with Gasteiger partial charge in [-0.3, -0.25) is 13.9 Å². The molecule has 2 aromatic rings. The molecule has 0 fully saturated rings. The zero-order valence-electron chi connectivity index (χ0n) is 18.0. The molecule has 8 heteroatoms. The second-order valence-corrected chi connectivity index (χ2v) is 9.21. The highest BCUT2D eigenvalue weighted by molar-refractivity contribution is 7.92. The minimum Gasteiger partial charge on any atom is -0.357 e. The van der Waals surface area contributed by atoms with Crippen LogP contribution in [-0.2, 0) is 26.2 Å². The van der Waals surface area contributed by atoms with Gasteiger partial charge in [-0.15, -0.1) is 0 Å². The van der Waals surface area contributed by atoms with E-state index in [0.717, 1.165) is 27.3 Å². The predicted molar refractivity (Wildman–Crippen MR) is 119 cm³/mol. The molecular weight excluding hydrogens is 402 g/mol. The normalized spacial score (nSPS) is 12.2. The van der Waals surface area contributed by atoms with Gasteiger partial charge < -0.3 is 10.2 Å². The Kier molecular flexibility index (Phi) is 7.61. The molecule has 0 aliphatic rings. The number of hydrogen-bond donors (Lipinski definition) is 1. The molecule has 0 bridgehead atoms. The summed E-state index contributed by atoms with van der Waals surface area (Å²) >= 11 is 0. The summed E-state index contributed by atoms with van der Waals surface area (Å²) in [5.41, 5.74) is 2.84. The van der Waals surface area contributed by atoms with Gasteiger partial charge in [-0.2, -0.15) is 0 Å². The van der Waals surface area contributed by atoms with Crippen molar-refractivity contribution in [1.82, 2.24) is 10.2 Å². The fraction of sp³-hybridized carbons (Fsp3) is 0.364. The third-order valence-corrected chi connectivity index (χ3v) is 6.09. The number of nitrogens with one attached hydrogen (secondary N) is 1. The molecule has 2 rings (SSSR count). The van der Waals surface area contributed by atoms with E-state index in [9.17, 15) is 18.0 Å². The van der Waals surface area contributed by atoms with E-state index in [1.165, 1.54) is 11.9 Å². The maximum absolute atomic E-state index is 13.3. The van der Waals surface area contributed by atoms with Gasteiger partial charge in [-0.1, -0.05) is 48.5 Å². The van der Waals surface area contributed by atoms with Crippen LogP contribution in [0, 0.1) is 13.8 Å². The number of anilines is 1. The van der Waals surface area contributed by atoms with Crippen molar-refractivity contribution in [2.75, 3.05) is 24.2 Å². The average Bonchev–Trinajstić information content (AvgIpc) is 2.69. The Hall–Kier alpha value is -2.87. The summed E-state index contributed by atoms with van der Waals surface area (Å²) in [5, 5.41) is 2.55. The third kappa shape index (κ3) is 5.60. The number of para-hydroxylation sites is 1. The van der Waals surface area contributed by atoms with E-state index < -0.39 is 28.5 Å². The molecule has 0 aromatic heterocycles. The lowest BCUT2D eigenvalue weighted by Crippen LogP contribution is -2.50. The van der Waals surface area contributed by atoms with Crippen molar-refractivity contribution in [3.8, 4) is 0 Å². The zero-order valence-corrected chi connectivity index (χ0v) is 18.9. The fourth-order valence-corrected chi connectivity index (χ4v) is 4.31. The van der Waals surface area contributed by atoms with Crippen LogP contribution >= 0.6 is 0 Å². The highest BCUT2D eigenvalue weighted by Crippen LogP contribution is 2.27. The standard InChI is InChI=1S/C22H29N3O4S/c1-16-10-9-11-17(2)21(16)25(30(5,28)29)15-20(26)24(18(3)22(27)23-4)14-19-12-7-6-8-13-19/h6-13,18H,14-15H2,1-5H3,(H,23,27)/t18-/m0/s1. The van der Waals surface area contributed by atoms with Gasteiger partial charge in [0.15, 0.2) is 0 Å². The third-order valence-electron chi connectivity index (χ3n) is 4.98. The Morgan fingerprint density at radius 2 is 1.57 bits per heavy atom. The summed E-state index contributed by atoms with van der Waals surface area (Å²) in [7, 11) is -2.23. The Morgan fingerprint density at radius 1 is 1.00 bits per heavy atom. The molecule has 2 amide bonds. The van der Waals surface area contributed by atoms with Crippen molar-refractivity contribution in [2.24, 2.45) is 0 Å². The number of likely N-dealkylation sites (N-methyl/N-ethyl adjacent to an activating group) is 1. The number of benzene rings is 2. The molecule has 0 aliphatic carbocycles. The van der Waals surface area contributed by atoms with Crippen molar-refractivity contribution < 1.29 is 18.0 Å². The first-order valence-electron chi connectivity index (χ1n) is 9.65. The topological polar surface area (TPSA) is 86.8 Å². The van der Waals surface area contributed by atoms with Crippen LogP contribution in [0.2, 0.25) is 0 Å². The van der Waals surface area contributed by atoms with Gasteiger partial charge in [0.1, 0.15) is 12.6 Å². The van der Waals surface area contributed by atoms with E-state index in [1.54, 1.807) is 32.9 Å². The molecule has 1 atom stereocenters. The average molecular weight is 432 g/mol. The van der Waals surface area contributed by atoms with Gasteiger partial charge in [-0.25, -0.2) is 8.42 Å². The van der Waals surface area contributed by atoms with E-state index in [-0.39, 0.29) is 12.5 Å². The number of aryl methyl sites for hydroxylation is 2. The first-order chi connectivity index (χ1) is 14.1. The minimum absolute atomic E-state index is 0.193. The number of carbonyl (C=O) groups excluding carboxylic acids is 2. The van der Waals surface area contributed by atoms with E-state index in [2.05, 4.69) is 5.32 Å². The molecule has 30 heavy (non-hydrogen) atoms. The van der Waals surface area contributed by atoms with Crippen LogP contribution in [0.3, 0.4) is 0 Å². The molecule has 0 heterocycles. The van der Waals surface area contributed by atoms with Crippen LogP contribution in [0.15, 0.2) is 48.5 Å². The molecule has 0 aliphatic heterocycles. The van der Waals surface area contributed by atoms with E-state index >= 15 is 0 Å². The van der Waals surface area contributed by atoms with Crippen molar-refractivity contribution in [3.05, 3.63) is 65.2 Å². The summed E-state index contributed by atoms with van der Waals surface area (Å²) in [6.07, 6.45) is 1.08. The van der Waals surface area contributed by atoms with Gasteiger partial charge >= 0.3 is 0 Å². The number of hydrogen-bond acceptors (Lipinski definition) is 4. The highest BCUT2D eigenvalue weighted by Gasteiger charge is 2.30. The molecule has 7 nitrogen and oxygen atoms in total. The fourth-order valence-electron chi connectivity index (χ4n) is 3.35. The number of nitrogens with zero attached hydrogens (tertiary/aromatic N) is 2. The smallest absolute Gasteiger partial charge is 0.244 e. The Bertz CT molecular complexity index is 986. The Balaban J connectivity index is 2.43. The van der Waals surface area contributed by atoms with Crippen LogP contribution in [0.25, 0.3) is 0 Å². The summed E-state index contributed by atoms with van der Waals surface area (Å²) < 4.78 is 26.3. The molecule has 0 saturated heterocycles. The van der Waals surface area contributed by atoms with Crippen LogP contribution in [-0.4, -0.2) is 51.0 Å².